The Kier molecular flexibility index (Phi) is 4.57. The van der Waals surface area contributed by atoms with Crippen LogP contribution in [0, 0.1) is 11.8 Å². The Hall–Kier alpha value is -1.47. The van der Waals surface area contributed by atoms with Gasteiger partial charge in [-0.25, -0.2) is 0 Å². The fourth-order valence-corrected chi connectivity index (χ4v) is 5.79. The Morgan fingerprint density at radius 2 is 1.52 bits per heavy atom. The van der Waals surface area contributed by atoms with Gasteiger partial charge in [0.1, 0.15) is 0 Å². The normalized spacial score (nSPS) is 27.1. The van der Waals surface area contributed by atoms with E-state index < -0.39 is 0 Å². The summed E-state index contributed by atoms with van der Waals surface area (Å²) in [6.45, 7) is 0. The van der Waals surface area contributed by atoms with Gasteiger partial charge < -0.3 is 0 Å². The smallest absolute Gasteiger partial charge is 0.0128 e. The van der Waals surface area contributed by atoms with E-state index in [9.17, 15) is 0 Å². The van der Waals surface area contributed by atoms with Crippen LogP contribution in [0.1, 0.15) is 36.8 Å². The van der Waals surface area contributed by atoms with Gasteiger partial charge >= 0.3 is 0 Å². The highest BCUT2D eigenvalue weighted by Gasteiger charge is 2.35. The first kappa shape index (κ1) is 15.1. The Morgan fingerprint density at radius 1 is 0.826 bits per heavy atom. The molecule has 0 unspecified atom stereocenters. The molecule has 1 aliphatic carbocycles. The van der Waals surface area contributed by atoms with E-state index in [0.717, 1.165) is 11.2 Å². The Morgan fingerprint density at radius 3 is 2.30 bits per heavy atom. The lowest BCUT2D eigenvalue weighted by molar-refractivity contribution is 0.293. The highest BCUT2D eigenvalue weighted by molar-refractivity contribution is 8.08. The van der Waals surface area contributed by atoms with E-state index >= 15 is 0 Å². The standard InChI is InChI=1S/C22H24S/c1-3-9-17(10-4-1)15-19-16-22(18-11-5-2-6-12-18)23-21-14-8-7-13-20(19)21/h1-6,9-12,16,19-21H,7-8,13-15H2/t19-,20-,21+/m1/s1. The number of thioether (sulfide) groups is 1. The summed E-state index contributed by atoms with van der Waals surface area (Å²) in [6.07, 6.45) is 9.41. The fraction of sp³-hybridized carbons (Fsp3) is 0.364. The highest BCUT2D eigenvalue weighted by atomic mass is 32.2. The van der Waals surface area contributed by atoms with Crippen LogP contribution in [-0.2, 0) is 6.42 Å². The molecule has 0 spiro atoms. The first-order chi connectivity index (χ1) is 11.4. The molecule has 2 aromatic carbocycles. The molecule has 0 aromatic heterocycles. The van der Waals surface area contributed by atoms with Crippen molar-refractivity contribution in [2.45, 2.75) is 37.4 Å². The van der Waals surface area contributed by atoms with Crippen LogP contribution in [0.25, 0.3) is 4.91 Å². The number of benzene rings is 2. The summed E-state index contributed by atoms with van der Waals surface area (Å²) in [5.41, 5.74) is 2.89. The van der Waals surface area contributed by atoms with Crippen LogP contribution in [-0.4, -0.2) is 5.25 Å². The van der Waals surface area contributed by atoms with Crippen molar-refractivity contribution in [1.29, 1.82) is 0 Å². The monoisotopic (exact) mass is 320 g/mol. The molecule has 1 heterocycles. The SMILES string of the molecule is C1=C(c2ccccc2)S[C@H]2CCCC[C@@H]2[C@@H]1Cc1ccccc1. The quantitative estimate of drug-likeness (QED) is 0.649. The molecule has 0 saturated heterocycles. The molecular formula is C22H24S. The van der Waals surface area contributed by atoms with Gasteiger partial charge in [0.25, 0.3) is 0 Å². The lowest BCUT2D eigenvalue weighted by Gasteiger charge is -2.40. The maximum Gasteiger partial charge on any atom is 0.0128 e. The Labute approximate surface area is 144 Å². The number of hydrogen-bond donors (Lipinski definition) is 0. The summed E-state index contributed by atoms with van der Waals surface area (Å²) < 4.78 is 0. The van der Waals surface area contributed by atoms with Crippen LogP contribution < -0.4 is 0 Å². The second-order valence-electron chi connectivity index (χ2n) is 6.86. The van der Waals surface area contributed by atoms with Crippen LogP contribution in [0.5, 0.6) is 0 Å². The van der Waals surface area contributed by atoms with Crippen LogP contribution >= 0.6 is 11.8 Å². The molecule has 2 aromatic rings. The maximum absolute atomic E-state index is 2.58. The highest BCUT2D eigenvalue weighted by Crippen LogP contribution is 2.49. The number of hydrogen-bond acceptors (Lipinski definition) is 1. The topological polar surface area (TPSA) is 0 Å². The minimum atomic E-state index is 0.694. The second kappa shape index (κ2) is 6.97. The summed E-state index contributed by atoms with van der Waals surface area (Å²) in [5, 5.41) is 0.817. The van der Waals surface area contributed by atoms with E-state index in [0.29, 0.717) is 5.92 Å². The number of allylic oxidation sites excluding steroid dienone is 1. The fourth-order valence-electron chi connectivity index (χ4n) is 4.15. The predicted octanol–water partition coefficient (Wildman–Crippen LogP) is 6.19. The first-order valence-corrected chi connectivity index (χ1v) is 9.76. The molecule has 3 atom stereocenters. The Bertz CT molecular complexity index is 659. The van der Waals surface area contributed by atoms with Crippen molar-refractivity contribution in [1.82, 2.24) is 0 Å². The van der Waals surface area contributed by atoms with Crippen molar-refractivity contribution >= 4 is 16.7 Å². The van der Waals surface area contributed by atoms with Crippen molar-refractivity contribution in [3.63, 3.8) is 0 Å². The van der Waals surface area contributed by atoms with Gasteiger partial charge in [-0.15, -0.1) is 11.8 Å². The van der Waals surface area contributed by atoms with Crippen molar-refractivity contribution < 1.29 is 0 Å². The summed E-state index contributed by atoms with van der Waals surface area (Å²) in [7, 11) is 0. The summed E-state index contributed by atoms with van der Waals surface area (Å²) >= 11 is 2.14. The van der Waals surface area contributed by atoms with Gasteiger partial charge in [-0.05, 0) is 42.2 Å². The van der Waals surface area contributed by atoms with Gasteiger partial charge in [-0.2, -0.15) is 0 Å². The zero-order chi connectivity index (χ0) is 15.5. The molecular weight excluding hydrogens is 296 g/mol. The van der Waals surface area contributed by atoms with Gasteiger partial charge in [0.2, 0.25) is 0 Å². The van der Waals surface area contributed by atoms with Crippen LogP contribution in [0.15, 0.2) is 66.7 Å². The zero-order valence-electron chi connectivity index (χ0n) is 13.5. The number of rotatable bonds is 3. The molecule has 2 aliphatic rings. The molecule has 0 nitrogen and oxygen atoms in total. The van der Waals surface area contributed by atoms with E-state index in [1.54, 1.807) is 0 Å². The Balaban J connectivity index is 1.65. The van der Waals surface area contributed by atoms with Crippen molar-refractivity contribution in [2.24, 2.45) is 11.8 Å². The van der Waals surface area contributed by atoms with Gasteiger partial charge in [0.05, 0.1) is 0 Å². The molecule has 0 amide bonds. The third kappa shape index (κ3) is 3.40. The maximum atomic E-state index is 2.58. The third-order valence-electron chi connectivity index (χ3n) is 5.32. The van der Waals surface area contributed by atoms with E-state index in [1.807, 2.05) is 0 Å². The first-order valence-electron chi connectivity index (χ1n) is 8.88. The van der Waals surface area contributed by atoms with Crippen LogP contribution in [0.4, 0.5) is 0 Å². The molecule has 0 N–H and O–H groups in total. The molecule has 1 saturated carbocycles. The third-order valence-corrected chi connectivity index (χ3v) is 6.83. The van der Waals surface area contributed by atoms with Crippen molar-refractivity contribution in [3.05, 3.63) is 77.9 Å². The minimum absolute atomic E-state index is 0.694. The van der Waals surface area contributed by atoms with E-state index in [2.05, 4.69) is 78.5 Å². The minimum Gasteiger partial charge on any atom is -0.122 e. The van der Waals surface area contributed by atoms with Gasteiger partial charge in [0.15, 0.2) is 0 Å². The van der Waals surface area contributed by atoms with Crippen molar-refractivity contribution in [2.75, 3.05) is 0 Å². The molecule has 1 fully saturated rings. The molecule has 1 heteroatoms. The molecule has 118 valence electrons. The molecule has 1 aliphatic heterocycles. The summed E-state index contributed by atoms with van der Waals surface area (Å²) in [4.78, 5) is 1.51. The summed E-state index contributed by atoms with van der Waals surface area (Å²) in [5.74, 6) is 1.56. The van der Waals surface area contributed by atoms with Crippen LogP contribution in [0.3, 0.4) is 0 Å². The lowest BCUT2D eigenvalue weighted by atomic mass is 9.76. The zero-order valence-corrected chi connectivity index (χ0v) is 14.3. The molecule has 0 radical (unpaired) electrons. The summed E-state index contributed by atoms with van der Waals surface area (Å²) in [6, 6.07) is 22.0. The largest absolute Gasteiger partial charge is 0.122 e. The predicted molar refractivity (Wildman–Crippen MR) is 101 cm³/mol. The van der Waals surface area contributed by atoms with E-state index in [-0.39, 0.29) is 0 Å². The van der Waals surface area contributed by atoms with E-state index in [4.69, 9.17) is 0 Å². The average molecular weight is 321 g/mol. The van der Waals surface area contributed by atoms with E-state index in [1.165, 1.54) is 48.1 Å². The van der Waals surface area contributed by atoms with Crippen LogP contribution in [0.2, 0.25) is 0 Å². The van der Waals surface area contributed by atoms with Gasteiger partial charge in [-0.1, -0.05) is 79.6 Å². The lowest BCUT2D eigenvalue weighted by Crippen LogP contribution is -2.32. The molecule has 4 rings (SSSR count). The van der Waals surface area contributed by atoms with Gasteiger partial charge in [-0.3, -0.25) is 0 Å². The van der Waals surface area contributed by atoms with Crippen molar-refractivity contribution in [3.8, 4) is 0 Å². The number of fused-ring (bicyclic) bond motifs is 1. The average Bonchev–Trinajstić information content (AvgIpc) is 2.63. The molecule has 23 heavy (non-hydrogen) atoms. The molecule has 0 bridgehead atoms. The van der Waals surface area contributed by atoms with Gasteiger partial charge in [0, 0.05) is 10.2 Å². The second-order valence-corrected chi connectivity index (χ2v) is 8.14.